The van der Waals surface area contributed by atoms with Gasteiger partial charge < -0.3 is 14.5 Å². The first-order valence-corrected chi connectivity index (χ1v) is 19.6. The van der Waals surface area contributed by atoms with Crippen LogP contribution in [0.25, 0.3) is 0 Å². The summed E-state index contributed by atoms with van der Waals surface area (Å²) >= 11 is 0. The number of nitrogens with one attached hydrogen (secondary N) is 1. The highest BCUT2D eigenvalue weighted by molar-refractivity contribution is 4.93. The Kier molecular flexibility index (Phi) is 32.9. The number of aromatic nitrogens is 2. The van der Waals surface area contributed by atoms with Crippen molar-refractivity contribution >= 4 is 0 Å². The Morgan fingerprint density at radius 2 is 1.02 bits per heavy atom. The standard InChI is InChI=1S/C42H74N2O2/c1-3-5-7-9-11-13-15-17-19-21-23-25-27-29-31-33-37-45-40-41(39-42-43-35-36-44-42)46-38-34-32-30-28-26-24-22-20-18-16-14-12-10-8-6-4-2/h11-14,17-20,35-36,41H,3-10,15-16,21-34,37-40H2,1-2H3,(H,43,44)/b13-11-,14-12-,19-17-,20-18-. The summed E-state index contributed by atoms with van der Waals surface area (Å²) in [6.07, 6.45) is 53.7. The highest BCUT2D eigenvalue weighted by Crippen LogP contribution is 2.11. The van der Waals surface area contributed by atoms with E-state index in [4.69, 9.17) is 9.47 Å². The van der Waals surface area contributed by atoms with Gasteiger partial charge in [-0.05, 0) is 77.0 Å². The fraction of sp³-hybridized carbons (Fsp3) is 0.738. The molecule has 0 spiro atoms. The van der Waals surface area contributed by atoms with Gasteiger partial charge in [-0.3, -0.25) is 0 Å². The number of ether oxygens (including phenoxy) is 2. The van der Waals surface area contributed by atoms with Crippen LogP contribution in [0.2, 0.25) is 0 Å². The van der Waals surface area contributed by atoms with Gasteiger partial charge in [-0.25, -0.2) is 4.98 Å². The summed E-state index contributed by atoms with van der Waals surface area (Å²) in [7, 11) is 0. The smallest absolute Gasteiger partial charge is 0.108 e. The number of nitrogens with zero attached hydrogens (tertiary/aromatic N) is 1. The Morgan fingerprint density at radius 1 is 0.565 bits per heavy atom. The quantitative estimate of drug-likeness (QED) is 0.0594. The zero-order valence-electron chi connectivity index (χ0n) is 30.4. The van der Waals surface area contributed by atoms with Gasteiger partial charge in [0.25, 0.3) is 0 Å². The van der Waals surface area contributed by atoms with Crippen molar-refractivity contribution in [2.45, 2.75) is 180 Å². The molecule has 4 heteroatoms. The van der Waals surface area contributed by atoms with Crippen LogP contribution in [0, 0.1) is 0 Å². The molecule has 1 N–H and O–H groups in total. The number of aromatic amines is 1. The average molecular weight is 639 g/mol. The molecule has 264 valence electrons. The highest BCUT2D eigenvalue weighted by atomic mass is 16.5. The number of hydrogen-bond acceptors (Lipinski definition) is 3. The Bertz CT molecular complexity index is 827. The van der Waals surface area contributed by atoms with E-state index < -0.39 is 0 Å². The van der Waals surface area contributed by atoms with Crippen LogP contribution in [0.3, 0.4) is 0 Å². The number of hydrogen-bond donors (Lipinski definition) is 1. The molecule has 4 nitrogen and oxygen atoms in total. The van der Waals surface area contributed by atoms with Gasteiger partial charge in [0.2, 0.25) is 0 Å². The van der Waals surface area contributed by atoms with Gasteiger partial charge in [0, 0.05) is 32.0 Å². The highest BCUT2D eigenvalue weighted by Gasteiger charge is 2.12. The van der Waals surface area contributed by atoms with E-state index >= 15 is 0 Å². The minimum atomic E-state index is 0.0775. The second kappa shape index (κ2) is 35.9. The average Bonchev–Trinajstić information content (AvgIpc) is 3.58. The molecule has 1 aromatic rings. The van der Waals surface area contributed by atoms with E-state index in [9.17, 15) is 0 Å². The molecule has 1 rings (SSSR count). The maximum Gasteiger partial charge on any atom is 0.108 e. The molecule has 1 unspecified atom stereocenters. The molecule has 0 saturated carbocycles. The molecule has 0 aliphatic carbocycles. The second-order valence-corrected chi connectivity index (χ2v) is 13.0. The summed E-state index contributed by atoms with van der Waals surface area (Å²) in [6.45, 7) is 6.83. The fourth-order valence-corrected chi connectivity index (χ4v) is 5.54. The molecule has 1 aromatic heterocycles. The van der Waals surface area contributed by atoms with Crippen LogP contribution in [0.4, 0.5) is 0 Å². The van der Waals surface area contributed by atoms with Gasteiger partial charge in [0.05, 0.1) is 12.7 Å². The maximum absolute atomic E-state index is 6.26. The third-order valence-corrected chi connectivity index (χ3v) is 8.47. The van der Waals surface area contributed by atoms with Gasteiger partial charge in [-0.2, -0.15) is 0 Å². The van der Waals surface area contributed by atoms with Crippen molar-refractivity contribution in [1.29, 1.82) is 0 Å². The van der Waals surface area contributed by atoms with E-state index in [-0.39, 0.29) is 6.10 Å². The van der Waals surface area contributed by atoms with E-state index in [2.05, 4.69) is 72.4 Å². The van der Waals surface area contributed by atoms with Crippen LogP contribution in [-0.4, -0.2) is 35.9 Å². The molecule has 1 heterocycles. The number of allylic oxidation sites excluding steroid dienone is 8. The number of unbranched alkanes of at least 4 members (excludes halogenated alkanes) is 18. The molecule has 1 atom stereocenters. The Labute approximate surface area is 286 Å². The number of rotatable bonds is 35. The summed E-state index contributed by atoms with van der Waals surface area (Å²) < 4.78 is 12.3. The number of H-pyrrole nitrogens is 1. The molecule has 0 aliphatic rings. The van der Waals surface area contributed by atoms with Gasteiger partial charge in [-0.1, -0.05) is 140 Å². The molecule has 0 amide bonds. The normalized spacial score (nSPS) is 13.0. The van der Waals surface area contributed by atoms with Crippen LogP contribution < -0.4 is 0 Å². The van der Waals surface area contributed by atoms with Crippen molar-refractivity contribution in [1.82, 2.24) is 9.97 Å². The molecule has 0 bridgehead atoms. The molecule has 0 radical (unpaired) electrons. The van der Waals surface area contributed by atoms with E-state index in [1.54, 1.807) is 0 Å². The fourth-order valence-electron chi connectivity index (χ4n) is 5.54. The minimum Gasteiger partial charge on any atom is -0.379 e. The lowest BCUT2D eigenvalue weighted by Crippen LogP contribution is -2.24. The first kappa shape index (κ1) is 42.1. The summed E-state index contributed by atoms with van der Waals surface area (Å²) in [4.78, 5) is 7.63. The predicted octanol–water partition coefficient (Wildman–Crippen LogP) is 13.0. The summed E-state index contributed by atoms with van der Waals surface area (Å²) in [5.41, 5.74) is 0. The van der Waals surface area contributed by atoms with Crippen LogP contribution in [0.15, 0.2) is 61.0 Å². The largest absolute Gasteiger partial charge is 0.379 e. The van der Waals surface area contributed by atoms with Gasteiger partial charge in [-0.15, -0.1) is 0 Å². The van der Waals surface area contributed by atoms with Gasteiger partial charge in [0.1, 0.15) is 5.82 Å². The molecule has 0 fully saturated rings. The van der Waals surface area contributed by atoms with E-state index in [1.807, 2.05) is 12.4 Å². The molecular weight excluding hydrogens is 564 g/mol. The van der Waals surface area contributed by atoms with Crippen molar-refractivity contribution in [3.8, 4) is 0 Å². The summed E-state index contributed by atoms with van der Waals surface area (Å²) in [6, 6.07) is 0. The van der Waals surface area contributed by atoms with E-state index in [0.717, 1.165) is 51.1 Å². The second-order valence-electron chi connectivity index (χ2n) is 13.0. The van der Waals surface area contributed by atoms with Crippen LogP contribution in [-0.2, 0) is 15.9 Å². The third-order valence-electron chi connectivity index (χ3n) is 8.47. The summed E-state index contributed by atoms with van der Waals surface area (Å²) in [5.74, 6) is 0.986. The van der Waals surface area contributed by atoms with Crippen molar-refractivity contribution in [3.63, 3.8) is 0 Å². The monoisotopic (exact) mass is 639 g/mol. The first-order valence-electron chi connectivity index (χ1n) is 19.6. The first-order chi connectivity index (χ1) is 22.9. The minimum absolute atomic E-state index is 0.0775. The SMILES string of the molecule is CCCCC/C=C\C/C=C\CCCCCCCCOCC(Cc1ncc[nH]1)OCCCCCCCC/C=C\C/C=C\CCCCC. The Balaban J connectivity index is 1.98. The third kappa shape index (κ3) is 30.7. The molecule has 0 saturated heterocycles. The lowest BCUT2D eigenvalue weighted by atomic mass is 10.1. The van der Waals surface area contributed by atoms with Crippen molar-refractivity contribution < 1.29 is 9.47 Å². The van der Waals surface area contributed by atoms with Crippen molar-refractivity contribution in [3.05, 3.63) is 66.8 Å². The summed E-state index contributed by atoms with van der Waals surface area (Å²) in [5, 5.41) is 0. The van der Waals surface area contributed by atoms with Crippen LogP contribution in [0.5, 0.6) is 0 Å². The van der Waals surface area contributed by atoms with Crippen LogP contribution in [0.1, 0.15) is 174 Å². The Morgan fingerprint density at radius 3 is 1.50 bits per heavy atom. The van der Waals surface area contributed by atoms with Crippen molar-refractivity contribution in [2.75, 3.05) is 19.8 Å². The number of imidazole rings is 1. The van der Waals surface area contributed by atoms with Crippen LogP contribution >= 0.6 is 0 Å². The molecule has 0 aliphatic heterocycles. The molecule has 0 aromatic carbocycles. The lowest BCUT2D eigenvalue weighted by molar-refractivity contribution is -0.0188. The zero-order valence-corrected chi connectivity index (χ0v) is 30.4. The maximum atomic E-state index is 6.26. The van der Waals surface area contributed by atoms with E-state index in [1.165, 1.54) is 128 Å². The zero-order chi connectivity index (χ0) is 32.9. The van der Waals surface area contributed by atoms with Crippen molar-refractivity contribution in [2.24, 2.45) is 0 Å². The topological polar surface area (TPSA) is 47.1 Å². The predicted molar refractivity (Wildman–Crippen MR) is 202 cm³/mol. The molecular formula is C42H74N2O2. The molecule has 46 heavy (non-hydrogen) atoms. The van der Waals surface area contributed by atoms with E-state index in [0.29, 0.717) is 6.61 Å². The van der Waals surface area contributed by atoms with Gasteiger partial charge >= 0.3 is 0 Å². The lowest BCUT2D eigenvalue weighted by Gasteiger charge is -2.17. The Hall–Kier alpha value is -1.91. The van der Waals surface area contributed by atoms with Gasteiger partial charge in [0.15, 0.2) is 0 Å².